The summed E-state index contributed by atoms with van der Waals surface area (Å²) < 4.78 is 50.5. The van der Waals surface area contributed by atoms with Crippen molar-refractivity contribution < 1.29 is 22.6 Å². The van der Waals surface area contributed by atoms with Gasteiger partial charge in [-0.2, -0.15) is 23.4 Å². The Bertz CT molecular complexity index is 1230. The maximum atomic E-state index is 12.6. The van der Waals surface area contributed by atoms with Gasteiger partial charge in [0.2, 0.25) is 11.8 Å². The first kappa shape index (κ1) is 21.2. The molecular formula is C21H16F3N5O3. The van der Waals surface area contributed by atoms with Gasteiger partial charge in [0.05, 0.1) is 11.1 Å². The van der Waals surface area contributed by atoms with E-state index in [-0.39, 0.29) is 29.7 Å². The van der Waals surface area contributed by atoms with Crippen LogP contribution < -0.4 is 20.5 Å². The van der Waals surface area contributed by atoms with Crippen LogP contribution in [0, 0.1) is 11.3 Å². The number of rotatable bonds is 5. The van der Waals surface area contributed by atoms with Gasteiger partial charge >= 0.3 is 11.9 Å². The molecule has 0 spiro atoms. The molecule has 11 heteroatoms. The van der Waals surface area contributed by atoms with Crippen LogP contribution in [-0.2, 0) is 19.3 Å². The van der Waals surface area contributed by atoms with E-state index in [0.717, 1.165) is 25.1 Å². The van der Waals surface area contributed by atoms with Crippen molar-refractivity contribution in [1.29, 1.82) is 5.26 Å². The average Bonchev–Trinajstić information content (AvgIpc) is 2.78. The summed E-state index contributed by atoms with van der Waals surface area (Å²) in [6.45, 7) is 1.39. The van der Waals surface area contributed by atoms with Gasteiger partial charge in [-0.25, -0.2) is 9.78 Å². The number of ether oxygens (including phenoxy) is 2. The molecule has 0 atom stereocenters. The number of anilines is 1. The summed E-state index contributed by atoms with van der Waals surface area (Å²) in [5.41, 5.74) is -0.548. The first-order valence-electron chi connectivity index (χ1n) is 9.56. The molecule has 0 aliphatic carbocycles. The fraction of sp³-hybridized carbons (Fsp3) is 0.238. The molecule has 2 aromatic heterocycles. The molecule has 0 saturated heterocycles. The van der Waals surface area contributed by atoms with Crippen molar-refractivity contribution in [3.63, 3.8) is 0 Å². The van der Waals surface area contributed by atoms with E-state index >= 15 is 0 Å². The summed E-state index contributed by atoms with van der Waals surface area (Å²) in [5, 5.41) is 12.5. The average molecular weight is 443 g/mol. The fourth-order valence-corrected chi connectivity index (χ4v) is 3.10. The first-order chi connectivity index (χ1) is 15.3. The van der Waals surface area contributed by atoms with Crippen molar-refractivity contribution in [2.75, 3.05) is 11.9 Å². The second kappa shape index (κ2) is 8.58. The third-order valence-electron chi connectivity index (χ3n) is 4.68. The number of aromatic nitrogens is 3. The molecule has 1 aliphatic rings. The molecule has 8 nitrogen and oxygen atoms in total. The van der Waals surface area contributed by atoms with Crippen LogP contribution in [0.15, 0.2) is 47.4 Å². The third kappa shape index (κ3) is 4.64. The predicted molar refractivity (Wildman–Crippen MR) is 106 cm³/mol. The predicted octanol–water partition coefficient (Wildman–Crippen LogP) is 3.72. The van der Waals surface area contributed by atoms with Crippen LogP contribution in [-0.4, -0.2) is 21.1 Å². The summed E-state index contributed by atoms with van der Waals surface area (Å²) >= 11 is 0. The van der Waals surface area contributed by atoms with Crippen molar-refractivity contribution in [3.05, 3.63) is 69.8 Å². The monoisotopic (exact) mass is 443 g/mol. The van der Waals surface area contributed by atoms with Crippen molar-refractivity contribution in [3.8, 4) is 23.6 Å². The SMILES string of the molecule is N#Cc1cc(COc2cc3n(c(=O)n2)CCCN3)ccc1Oc1ccc(C(F)(F)F)cn1. The van der Waals surface area contributed by atoms with Gasteiger partial charge in [-0.3, -0.25) is 4.57 Å². The molecule has 0 fully saturated rings. The van der Waals surface area contributed by atoms with Gasteiger partial charge in [0, 0.05) is 31.4 Å². The van der Waals surface area contributed by atoms with Gasteiger partial charge in [0.25, 0.3) is 0 Å². The van der Waals surface area contributed by atoms with Crippen LogP contribution in [0.2, 0.25) is 0 Å². The summed E-state index contributed by atoms with van der Waals surface area (Å²) in [4.78, 5) is 19.6. The number of halogens is 3. The zero-order chi connectivity index (χ0) is 22.7. The van der Waals surface area contributed by atoms with E-state index in [0.29, 0.717) is 24.1 Å². The Balaban J connectivity index is 1.46. The van der Waals surface area contributed by atoms with E-state index in [1.54, 1.807) is 12.1 Å². The van der Waals surface area contributed by atoms with Gasteiger partial charge in [0.15, 0.2) is 0 Å². The minimum atomic E-state index is -4.50. The van der Waals surface area contributed by atoms with E-state index in [1.807, 2.05) is 6.07 Å². The third-order valence-corrected chi connectivity index (χ3v) is 4.68. The second-order valence-electron chi connectivity index (χ2n) is 6.91. The van der Waals surface area contributed by atoms with Gasteiger partial charge < -0.3 is 14.8 Å². The van der Waals surface area contributed by atoms with Crippen LogP contribution in [0.5, 0.6) is 17.5 Å². The number of nitrogens with one attached hydrogen (secondary N) is 1. The molecule has 0 amide bonds. The molecule has 0 radical (unpaired) electrons. The Hall–Kier alpha value is -4.07. The lowest BCUT2D eigenvalue weighted by atomic mass is 10.1. The van der Waals surface area contributed by atoms with E-state index < -0.39 is 17.4 Å². The minimum absolute atomic E-state index is 0.0450. The maximum Gasteiger partial charge on any atom is 0.417 e. The van der Waals surface area contributed by atoms with Crippen molar-refractivity contribution in [2.45, 2.75) is 25.7 Å². The zero-order valence-electron chi connectivity index (χ0n) is 16.5. The second-order valence-corrected chi connectivity index (χ2v) is 6.91. The highest BCUT2D eigenvalue weighted by Crippen LogP contribution is 2.31. The number of fused-ring (bicyclic) bond motifs is 1. The molecule has 1 N–H and O–H groups in total. The largest absolute Gasteiger partial charge is 0.473 e. The summed E-state index contributed by atoms with van der Waals surface area (Å²) in [7, 11) is 0. The molecule has 1 aromatic carbocycles. The molecule has 3 aromatic rings. The normalized spacial score (nSPS) is 12.9. The Morgan fingerprint density at radius 1 is 1.19 bits per heavy atom. The number of nitriles is 1. The molecular weight excluding hydrogens is 427 g/mol. The number of nitrogens with zero attached hydrogens (tertiary/aromatic N) is 4. The van der Waals surface area contributed by atoms with Crippen LogP contribution in [0.4, 0.5) is 19.0 Å². The van der Waals surface area contributed by atoms with Crippen LogP contribution in [0.25, 0.3) is 0 Å². The smallest absolute Gasteiger partial charge is 0.417 e. The van der Waals surface area contributed by atoms with Crippen molar-refractivity contribution in [2.24, 2.45) is 0 Å². The molecule has 0 bridgehead atoms. The lowest BCUT2D eigenvalue weighted by Crippen LogP contribution is -2.30. The van der Waals surface area contributed by atoms with Crippen molar-refractivity contribution in [1.82, 2.24) is 14.5 Å². The number of pyridine rings is 1. The Morgan fingerprint density at radius 3 is 2.75 bits per heavy atom. The van der Waals surface area contributed by atoms with Crippen LogP contribution in [0.1, 0.15) is 23.1 Å². The molecule has 3 heterocycles. The highest BCUT2D eigenvalue weighted by Gasteiger charge is 2.30. The fourth-order valence-electron chi connectivity index (χ4n) is 3.10. The molecule has 0 unspecified atom stereocenters. The number of alkyl halides is 3. The van der Waals surface area contributed by atoms with Crippen LogP contribution >= 0.6 is 0 Å². The zero-order valence-corrected chi connectivity index (χ0v) is 16.5. The number of hydrogen-bond acceptors (Lipinski definition) is 7. The highest BCUT2D eigenvalue weighted by molar-refractivity contribution is 5.47. The van der Waals surface area contributed by atoms with E-state index in [2.05, 4.69) is 15.3 Å². The van der Waals surface area contributed by atoms with Gasteiger partial charge in [-0.1, -0.05) is 6.07 Å². The van der Waals surface area contributed by atoms with Gasteiger partial charge in [0.1, 0.15) is 24.2 Å². The van der Waals surface area contributed by atoms with E-state index in [9.17, 15) is 23.2 Å². The van der Waals surface area contributed by atoms with Crippen LogP contribution in [0.3, 0.4) is 0 Å². The Labute approximate surface area is 179 Å². The van der Waals surface area contributed by atoms with Gasteiger partial charge in [-0.05, 0) is 30.2 Å². The molecule has 32 heavy (non-hydrogen) atoms. The summed E-state index contributed by atoms with van der Waals surface area (Å²) in [6, 6.07) is 10.2. The van der Waals surface area contributed by atoms with E-state index in [1.165, 1.54) is 16.7 Å². The lowest BCUT2D eigenvalue weighted by Gasteiger charge is -2.19. The Morgan fingerprint density at radius 2 is 2.03 bits per heavy atom. The molecule has 1 aliphatic heterocycles. The molecule has 0 saturated carbocycles. The summed E-state index contributed by atoms with van der Waals surface area (Å²) in [5.74, 6) is 0.850. The standard InChI is InChI=1S/C21H16F3N5O3/c22-21(23,24)15-3-5-18(27-11-15)32-16-4-2-13(8-14(16)10-25)12-31-19-9-17-26-6-1-7-29(17)20(30)28-19/h2-5,8-9,11,26H,1,6-7,12H2. The summed E-state index contributed by atoms with van der Waals surface area (Å²) in [6.07, 6.45) is -3.01. The first-order valence-corrected chi connectivity index (χ1v) is 9.56. The number of hydrogen-bond donors (Lipinski definition) is 1. The van der Waals surface area contributed by atoms with Crippen molar-refractivity contribution >= 4 is 5.82 Å². The maximum absolute atomic E-state index is 12.6. The molecule has 4 rings (SSSR count). The lowest BCUT2D eigenvalue weighted by molar-refractivity contribution is -0.137. The molecule has 164 valence electrons. The minimum Gasteiger partial charge on any atom is -0.473 e. The Kier molecular flexibility index (Phi) is 5.68. The number of benzene rings is 1. The topological polar surface area (TPSA) is 102 Å². The van der Waals surface area contributed by atoms with E-state index in [4.69, 9.17) is 9.47 Å². The quantitative estimate of drug-likeness (QED) is 0.641. The highest BCUT2D eigenvalue weighted by atomic mass is 19.4. The van der Waals surface area contributed by atoms with Gasteiger partial charge in [-0.15, -0.1) is 0 Å².